The van der Waals surface area contributed by atoms with Crippen molar-refractivity contribution >= 4 is 34.1 Å². The van der Waals surface area contributed by atoms with E-state index in [1.54, 1.807) is 29.2 Å². The van der Waals surface area contributed by atoms with Crippen molar-refractivity contribution in [2.24, 2.45) is 5.92 Å². The standard InChI is InChI=1S/C18H15N3O4/c22-17-16-10-5-6-11(9-10)19(16)18(23)20(17)14-7-8-15(21(24)25)13-4-2-1-3-12(13)14/h1-4,7-8,10-11,16H,5-6,9H2/t10?,11?,16-/m0/s1. The molecule has 0 aromatic heterocycles. The molecule has 3 amide bonds. The zero-order valence-electron chi connectivity index (χ0n) is 13.3. The molecule has 2 saturated heterocycles. The van der Waals surface area contributed by atoms with Gasteiger partial charge in [-0.3, -0.25) is 14.9 Å². The predicted molar refractivity (Wildman–Crippen MR) is 90.2 cm³/mol. The van der Waals surface area contributed by atoms with Crippen molar-refractivity contribution in [1.29, 1.82) is 0 Å². The molecule has 7 nitrogen and oxygen atoms in total. The lowest BCUT2D eigenvalue weighted by atomic mass is 9.99. The van der Waals surface area contributed by atoms with Crippen molar-refractivity contribution in [3.8, 4) is 0 Å². The number of nitro benzene ring substituents is 1. The Balaban J connectivity index is 1.67. The van der Waals surface area contributed by atoms with Gasteiger partial charge in [-0.15, -0.1) is 0 Å². The Bertz CT molecular complexity index is 928. The monoisotopic (exact) mass is 337 g/mol. The summed E-state index contributed by atoms with van der Waals surface area (Å²) < 4.78 is 0. The molecule has 5 rings (SSSR count). The topological polar surface area (TPSA) is 83.8 Å². The number of amides is 3. The van der Waals surface area contributed by atoms with Crippen LogP contribution in [0.4, 0.5) is 16.2 Å². The van der Waals surface area contributed by atoms with Gasteiger partial charge >= 0.3 is 6.03 Å². The molecule has 3 aliphatic rings. The second-order valence-corrected chi connectivity index (χ2v) is 6.94. The number of piperidine rings is 1. The number of non-ortho nitro benzene ring substituents is 1. The summed E-state index contributed by atoms with van der Waals surface area (Å²) in [6.45, 7) is 0. The minimum atomic E-state index is -0.446. The molecule has 25 heavy (non-hydrogen) atoms. The Hall–Kier alpha value is -2.96. The largest absolute Gasteiger partial charge is 0.332 e. The fourth-order valence-corrected chi connectivity index (χ4v) is 4.77. The van der Waals surface area contributed by atoms with Gasteiger partial charge in [0.15, 0.2) is 0 Å². The number of carbonyl (C=O) groups excluding carboxylic acids is 2. The minimum absolute atomic E-state index is 0.0287. The summed E-state index contributed by atoms with van der Waals surface area (Å²) in [6, 6.07) is 9.22. The molecule has 0 spiro atoms. The van der Waals surface area contributed by atoms with E-state index >= 15 is 0 Å². The number of anilines is 1. The van der Waals surface area contributed by atoms with Gasteiger partial charge in [-0.1, -0.05) is 18.2 Å². The van der Waals surface area contributed by atoms with Crippen LogP contribution in [-0.2, 0) is 4.79 Å². The highest BCUT2D eigenvalue weighted by Crippen LogP contribution is 2.48. The predicted octanol–water partition coefficient (Wildman–Crippen LogP) is 3.07. The molecule has 1 saturated carbocycles. The SMILES string of the molecule is O=C1[C@@H]2C3CCC(C3)N2C(=O)N1c1ccc([N+](=O)[O-])c2ccccc12. The minimum Gasteiger partial charge on any atom is -0.309 e. The summed E-state index contributed by atoms with van der Waals surface area (Å²) in [5.74, 6) is 0.0481. The van der Waals surface area contributed by atoms with Crippen molar-refractivity contribution < 1.29 is 14.5 Å². The maximum absolute atomic E-state index is 13.0. The number of rotatable bonds is 2. The Morgan fingerprint density at radius 2 is 1.80 bits per heavy atom. The summed E-state index contributed by atoms with van der Waals surface area (Å²) in [6.07, 6.45) is 2.85. The molecule has 3 fully saturated rings. The molecular weight excluding hydrogens is 322 g/mol. The van der Waals surface area contributed by atoms with Crippen LogP contribution in [0.2, 0.25) is 0 Å². The van der Waals surface area contributed by atoms with Crippen LogP contribution in [0.25, 0.3) is 10.8 Å². The summed E-state index contributed by atoms with van der Waals surface area (Å²) in [7, 11) is 0. The van der Waals surface area contributed by atoms with E-state index in [1.165, 1.54) is 17.0 Å². The molecule has 2 aliphatic heterocycles. The van der Waals surface area contributed by atoms with Crippen LogP contribution in [0.5, 0.6) is 0 Å². The van der Waals surface area contributed by atoms with Crippen molar-refractivity contribution in [2.75, 3.05) is 4.90 Å². The second kappa shape index (κ2) is 4.78. The van der Waals surface area contributed by atoms with Gasteiger partial charge in [0.25, 0.3) is 11.6 Å². The molecular formula is C18H15N3O4. The zero-order chi connectivity index (χ0) is 17.3. The molecule has 126 valence electrons. The first-order chi connectivity index (χ1) is 12.1. The molecule has 2 aromatic carbocycles. The van der Waals surface area contributed by atoms with Gasteiger partial charge in [0, 0.05) is 17.5 Å². The van der Waals surface area contributed by atoms with Crippen LogP contribution in [0.1, 0.15) is 19.3 Å². The third kappa shape index (κ3) is 1.75. The van der Waals surface area contributed by atoms with Crippen LogP contribution in [-0.4, -0.2) is 33.8 Å². The zero-order valence-corrected chi connectivity index (χ0v) is 13.3. The van der Waals surface area contributed by atoms with Gasteiger partial charge in [-0.05, 0) is 37.3 Å². The molecule has 2 bridgehead atoms. The van der Waals surface area contributed by atoms with Gasteiger partial charge in [0.05, 0.1) is 16.0 Å². The Morgan fingerprint density at radius 3 is 2.52 bits per heavy atom. The van der Waals surface area contributed by atoms with Gasteiger partial charge in [0.2, 0.25) is 0 Å². The number of nitro groups is 1. The molecule has 3 atom stereocenters. The Kier molecular flexibility index (Phi) is 2.75. The van der Waals surface area contributed by atoms with Crippen LogP contribution >= 0.6 is 0 Å². The number of carbonyl (C=O) groups is 2. The maximum Gasteiger partial charge on any atom is 0.332 e. The number of nitrogens with zero attached hydrogens (tertiary/aromatic N) is 3. The highest BCUT2D eigenvalue weighted by Gasteiger charge is 2.59. The third-order valence-corrected chi connectivity index (χ3v) is 5.79. The summed E-state index contributed by atoms with van der Waals surface area (Å²) in [5, 5.41) is 12.3. The summed E-state index contributed by atoms with van der Waals surface area (Å²) >= 11 is 0. The van der Waals surface area contributed by atoms with Gasteiger partial charge in [-0.2, -0.15) is 0 Å². The average Bonchev–Trinajstić information content (AvgIpc) is 3.28. The van der Waals surface area contributed by atoms with Crippen molar-refractivity contribution in [3.63, 3.8) is 0 Å². The van der Waals surface area contributed by atoms with E-state index in [4.69, 9.17) is 0 Å². The van der Waals surface area contributed by atoms with Crippen molar-refractivity contribution in [3.05, 3.63) is 46.5 Å². The fraction of sp³-hybridized carbons (Fsp3) is 0.333. The lowest BCUT2D eigenvalue weighted by molar-refractivity contribution is -0.383. The highest BCUT2D eigenvalue weighted by molar-refractivity contribution is 6.25. The molecule has 0 radical (unpaired) electrons. The molecule has 7 heteroatoms. The van der Waals surface area contributed by atoms with Crippen molar-refractivity contribution in [1.82, 2.24) is 4.90 Å². The van der Waals surface area contributed by atoms with E-state index in [0.29, 0.717) is 16.5 Å². The lowest BCUT2D eigenvalue weighted by Crippen LogP contribution is -2.40. The number of fused-ring (bicyclic) bond motifs is 6. The van der Waals surface area contributed by atoms with Gasteiger partial charge in [0.1, 0.15) is 6.04 Å². The third-order valence-electron chi connectivity index (χ3n) is 5.79. The maximum atomic E-state index is 13.0. The van der Waals surface area contributed by atoms with E-state index in [1.807, 2.05) is 0 Å². The number of hydrogen-bond acceptors (Lipinski definition) is 4. The van der Waals surface area contributed by atoms with Gasteiger partial charge < -0.3 is 4.90 Å². The van der Waals surface area contributed by atoms with E-state index in [2.05, 4.69) is 0 Å². The first kappa shape index (κ1) is 14.4. The van der Waals surface area contributed by atoms with Crippen LogP contribution in [0.3, 0.4) is 0 Å². The molecule has 1 aliphatic carbocycles. The summed E-state index contributed by atoms with van der Waals surface area (Å²) in [4.78, 5) is 39.7. The molecule has 2 heterocycles. The average molecular weight is 337 g/mol. The smallest absolute Gasteiger partial charge is 0.309 e. The Morgan fingerprint density at radius 1 is 1.04 bits per heavy atom. The number of hydrogen-bond donors (Lipinski definition) is 0. The van der Waals surface area contributed by atoms with E-state index < -0.39 is 4.92 Å². The number of benzene rings is 2. The van der Waals surface area contributed by atoms with E-state index in [-0.39, 0.29) is 35.6 Å². The first-order valence-electron chi connectivity index (χ1n) is 8.40. The second-order valence-electron chi connectivity index (χ2n) is 6.94. The van der Waals surface area contributed by atoms with E-state index in [9.17, 15) is 19.7 Å². The molecule has 0 N–H and O–H groups in total. The number of imide groups is 1. The summed E-state index contributed by atoms with van der Waals surface area (Å²) in [5.41, 5.74) is 0.406. The number of urea groups is 1. The van der Waals surface area contributed by atoms with Crippen LogP contribution in [0, 0.1) is 16.0 Å². The van der Waals surface area contributed by atoms with Crippen LogP contribution < -0.4 is 4.90 Å². The van der Waals surface area contributed by atoms with E-state index in [0.717, 1.165) is 19.3 Å². The fourth-order valence-electron chi connectivity index (χ4n) is 4.77. The Labute approximate surface area is 143 Å². The lowest BCUT2D eigenvalue weighted by Gasteiger charge is -2.25. The van der Waals surface area contributed by atoms with Crippen LogP contribution in [0.15, 0.2) is 36.4 Å². The molecule has 2 aromatic rings. The van der Waals surface area contributed by atoms with Gasteiger partial charge in [-0.25, -0.2) is 9.69 Å². The molecule has 2 unspecified atom stereocenters. The highest BCUT2D eigenvalue weighted by atomic mass is 16.6. The first-order valence-corrected chi connectivity index (χ1v) is 8.40. The quantitative estimate of drug-likeness (QED) is 0.479. The normalized spacial score (nSPS) is 27.4. The van der Waals surface area contributed by atoms with Crippen molar-refractivity contribution in [2.45, 2.75) is 31.3 Å².